The summed E-state index contributed by atoms with van der Waals surface area (Å²) < 4.78 is 0. The van der Waals surface area contributed by atoms with E-state index in [1.54, 1.807) is 0 Å². The Morgan fingerprint density at radius 3 is 2.48 bits per heavy atom. The van der Waals surface area contributed by atoms with Crippen LogP contribution in [0.5, 0.6) is 0 Å². The van der Waals surface area contributed by atoms with Crippen LogP contribution in [0.2, 0.25) is 0 Å². The first kappa shape index (κ1) is 30.4. The Bertz CT molecular complexity index is 1400. The molecule has 0 bridgehead atoms. The molecule has 9 nitrogen and oxygen atoms in total. The summed E-state index contributed by atoms with van der Waals surface area (Å²) in [6.45, 7) is 9.21. The van der Waals surface area contributed by atoms with Crippen LogP contribution in [-0.4, -0.2) is 48.7 Å². The molecule has 224 valence electrons. The number of aromatic nitrogens is 4. The fourth-order valence-electron chi connectivity index (χ4n) is 6.50. The number of carbonyl (C=O) groups excluding carboxylic acids is 2. The lowest BCUT2D eigenvalue weighted by molar-refractivity contribution is -0.133. The molecule has 11 heteroatoms. The number of nitrogens with zero attached hydrogens (tertiary/aromatic N) is 5. The van der Waals surface area contributed by atoms with E-state index in [4.69, 9.17) is 28.2 Å². The first-order chi connectivity index (χ1) is 20.0. The molecular formula is C31H39Cl2N7O2. The summed E-state index contributed by atoms with van der Waals surface area (Å²) in [5.74, 6) is 0.702. The van der Waals surface area contributed by atoms with Crippen molar-refractivity contribution in [3.05, 3.63) is 62.9 Å². The zero-order valence-corrected chi connectivity index (χ0v) is 26.2. The van der Waals surface area contributed by atoms with Crippen LogP contribution in [0.1, 0.15) is 107 Å². The lowest BCUT2D eigenvalue weighted by Crippen LogP contribution is -2.51. The quantitative estimate of drug-likeness (QED) is 0.349. The number of carbonyl (C=O) groups is 2. The van der Waals surface area contributed by atoms with Gasteiger partial charge in [-0.05, 0) is 85.6 Å². The highest BCUT2D eigenvalue weighted by Gasteiger charge is 2.52. The molecule has 1 aromatic heterocycles. The van der Waals surface area contributed by atoms with Gasteiger partial charge in [0, 0.05) is 10.6 Å². The van der Waals surface area contributed by atoms with Gasteiger partial charge in [0.2, 0.25) is 0 Å². The van der Waals surface area contributed by atoms with Crippen molar-refractivity contribution in [1.29, 1.82) is 0 Å². The van der Waals surface area contributed by atoms with Gasteiger partial charge in [-0.25, -0.2) is 0 Å². The summed E-state index contributed by atoms with van der Waals surface area (Å²) in [7, 11) is 0. The minimum atomic E-state index is -0.604. The molecule has 1 aromatic carbocycles. The SMILES string of the molecule is CCCC(c1ccc(C(=O)NCc2nn[nH]n2)cc1)N1C(=O)C(C2=CC(Cl)=C(Cl)CC2)=NC12CCC(C(C)(C)C)CC2. The molecule has 2 N–H and O–H groups in total. The molecule has 3 aliphatic rings. The number of aliphatic imine (C=N–C) groups is 1. The van der Waals surface area contributed by atoms with E-state index in [-0.39, 0.29) is 29.8 Å². The van der Waals surface area contributed by atoms with E-state index in [1.165, 1.54) is 0 Å². The Morgan fingerprint density at radius 2 is 1.88 bits per heavy atom. The number of amides is 2. The molecule has 1 saturated carbocycles. The Hall–Kier alpha value is -3.04. The summed E-state index contributed by atoms with van der Waals surface area (Å²) in [6, 6.07) is 7.37. The second kappa shape index (κ2) is 12.3. The molecule has 1 aliphatic heterocycles. The largest absolute Gasteiger partial charge is 0.345 e. The smallest absolute Gasteiger partial charge is 0.274 e. The maximum Gasteiger partial charge on any atom is 0.274 e. The van der Waals surface area contributed by atoms with Gasteiger partial charge in [-0.2, -0.15) is 5.21 Å². The standard InChI is InChI=1S/C31H39Cl2N7O2/c1-5-6-25(19-7-9-20(10-8-19)28(41)34-18-26-36-38-39-37-26)40-29(42)27(21-11-12-23(32)24(33)17-21)35-31(40)15-13-22(14-16-31)30(2,3)4/h7-10,17,22,25H,5-6,11-16,18H2,1-4H3,(H,34,41)(H,36,37,38,39). The van der Waals surface area contributed by atoms with E-state index in [1.807, 2.05) is 30.3 Å². The molecular weight excluding hydrogens is 573 g/mol. The van der Waals surface area contributed by atoms with Gasteiger partial charge in [-0.3, -0.25) is 14.6 Å². The average molecular weight is 613 g/mol. The minimum absolute atomic E-state index is 0.0432. The zero-order valence-electron chi connectivity index (χ0n) is 24.7. The molecule has 42 heavy (non-hydrogen) atoms. The third kappa shape index (κ3) is 6.18. The van der Waals surface area contributed by atoms with Crippen LogP contribution >= 0.6 is 23.2 Å². The number of hydrogen-bond donors (Lipinski definition) is 2. The number of rotatable bonds is 8. The first-order valence-corrected chi connectivity index (χ1v) is 15.6. The fraction of sp³-hybridized carbons (Fsp3) is 0.548. The fourth-order valence-corrected chi connectivity index (χ4v) is 6.88. The Labute approximate surface area is 257 Å². The molecule has 2 aromatic rings. The Kier molecular flexibility index (Phi) is 8.90. The van der Waals surface area contributed by atoms with Gasteiger partial charge in [0.15, 0.2) is 5.82 Å². The van der Waals surface area contributed by atoms with Crippen LogP contribution in [0, 0.1) is 11.3 Å². The number of hydrogen-bond acceptors (Lipinski definition) is 6. The van der Waals surface area contributed by atoms with Crippen LogP contribution in [0.15, 0.2) is 51.0 Å². The summed E-state index contributed by atoms with van der Waals surface area (Å²) in [5, 5.41) is 17.5. The molecule has 2 heterocycles. The van der Waals surface area contributed by atoms with Gasteiger partial charge in [0.05, 0.1) is 17.6 Å². The average Bonchev–Trinajstić information content (AvgIpc) is 3.58. The maximum atomic E-state index is 14.4. The van der Waals surface area contributed by atoms with Crippen LogP contribution in [0.3, 0.4) is 0 Å². The lowest BCUT2D eigenvalue weighted by atomic mass is 9.69. The highest BCUT2D eigenvalue weighted by atomic mass is 35.5. The van der Waals surface area contributed by atoms with E-state index in [2.05, 4.69) is 58.5 Å². The van der Waals surface area contributed by atoms with Crippen LogP contribution in [-0.2, 0) is 11.3 Å². The van der Waals surface area contributed by atoms with Gasteiger partial charge >= 0.3 is 0 Å². The van der Waals surface area contributed by atoms with Crippen molar-refractivity contribution in [3.63, 3.8) is 0 Å². The van der Waals surface area contributed by atoms with Crippen molar-refractivity contribution >= 4 is 40.7 Å². The lowest BCUT2D eigenvalue weighted by Gasteiger charge is -2.47. The molecule has 2 amide bonds. The highest BCUT2D eigenvalue weighted by molar-refractivity contribution is 6.48. The highest BCUT2D eigenvalue weighted by Crippen LogP contribution is 2.50. The summed E-state index contributed by atoms with van der Waals surface area (Å²) in [5.41, 5.74) is 2.49. The third-order valence-electron chi connectivity index (χ3n) is 8.91. The molecule has 1 atom stereocenters. The third-order valence-corrected chi connectivity index (χ3v) is 9.73. The van der Waals surface area contributed by atoms with Crippen molar-refractivity contribution in [3.8, 4) is 0 Å². The van der Waals surface area contributed by atoms with Gasteiger partial charge < -0.3 is 10.2 Å². The molecule has 1 unspecified atom stereocenters. The van der Waals surface area contributed by atoms with E-state index in [0.29, 0.717) is 45.9 Å². The molecule has 1 spiro atoms. The Morgan fingerprint density at radius 1 is 1.17 bits per heavy atom. The number of aromatic amines is 1. The molecule has 0 radical (unpaired) electrons. The molecule has 1 fully saturated rings. The second-order valence-corrected chi connectivity index (χ2v) is 13.5. The van der Waals surface area contributed by atoms with E-state index in [0.717, 1.165) is 49.7 Å². The van der Waals surface area contributed by atoms with E-state index in [9.17, 15) is 9.59 Å². The van der Waals surface area contributed by atoms with Crippen molar-refractivity contribution in [1.82, 2.24) is 30.8 Å². The molecule has 2 aliphatic carbocycles. The number of H-pyrrole nitrogens is 1. The number of halogens is 2. The number of benzene rings is 1. The van der Waals surface area contributed by atoms with Gasteiger partial charge in [0.1, 0.15) is 11.4 Å². The number of nitrogens with one attached hydrogen (secondary N) is 2. The van der Waals surface area contributed by atoms with Crippen molar-refractivity contribution in [2.45, 2.75) is 97.3 Å². The molecule has 5 rings (SSSR count). The van der Waals surface area contributed by atoms with Crippen LogP contribution < -0.4 is 5.32 Å². The van der Waals surface area contributed by atoms with Crippen molar-refractivity contribution in [2.24, 2.45) is 16.3 Å². The minimum Gasteiger partial charge on any atom is -0.345 e. The number of tetrazole rings is 1. The van der Waals surface area contributed by atoms with Crippen molar-refractivity contribution in [2.75, 3.05) is 0 Å². The normalized spacial score (nSPS) is 23.7. The van der Waals surface area contributed by atoms with Crippen molar-refractivity contribution < 1.29 is 9.59 Å². The zero-order chi connectivity index (χ0) is 30.1. The monoisotopic (exact) mass is 611 g/mol. The first-order valence-electron chi connectivity index (χ1n) is 14.8. The predicted molar refractivity (Wildman–Crippen MR) is 164 cm³/mol. The van der Waals surface area contributed by atoms with Gasteiger partial charge in [-0.15, -0.1) is 10.2 Å². The van der Waals surface area contributed by atoms with E-state index >= 15 is 0 Å². The van der Waals surface area contributed by atoms with Crippen LogP contribution in [0.25, 0.3) is 0 Å². The summed E-state index contributed by atoms with van der Waals surface area (Å²) in [4.78, 5) is 34.5. The van der Waals surface area contributed by atoms with Crippen LogP contribution in [0.4, 0.5) is 0 Å². The summed E-state index contributed by atoms with van der Waals surface area (Å²) in [6.07, 6.45) is 8.39. The molecule has 0 saturated heterocycles. The Balaban J connectivity index is 1.45. The maximum absolute atomic E-state index is 14.4. The van der Waals surface area contributed by atoms with Gasteiger partial charge in [0.25, 0.3) is 11.8 Å². The summed E-state index contributed by atoms with van der Waals surface area (Å²) >= 11 is 12.7. The second-order valence-electron chi connectivity index (χ2n) is 12.6. The predicted octanol–water partition coefficient (Wildman–Crippen LogP) is 6.60. The van der Waals surface area contributed by atoms with Gasteiger partial charge in [-0.1, -0.05) is 74.7 Å². The van der Waals surface area contributed by atoms with E-state index < -0.39 is 5.66 Å². The number of allylic oxidation sites excluding steroid dienone is 3. The topological polar surface area (TPSA) is 116 Å².